The lowest BCUT2D eigenvalue weighted by Crippen LogP contribution is -2.44. The van der Waals surface area contributed by atoms with Crippen LogP contribution in [0.4, 0.5) is 13.2 Å². The molecule has 0 saturated carbocycles. The normalized spacial score (nSPS) is 11.5. The molecule has 0 bridgehead atoms. The molecule has 0 aliphatic heterocycles. The van der Waals surface area contributed by atoms with E-state index < -0.39 is 25.2 Å². The van der Waals surface area contributed by atoms with Gasteiger partial charge in [0.05, 0.1) is 19.6 Å². The first-order valence-corrected chi connectivity index (χ1v) is 5.90. The lowest BCUT2D eigenvalue weighted by atomic mass is 10.2. The van der Waals surface area contributed by atoms with Crippen LogP contribution >= 0.6 is 0 Å². The van der Waals surface area contributed by atoms with Crippen molar-refractivity contribution in [1.82, 2.24) is 15.5 Å². The Morgan fingerprint density at radius 3 is 2.32 bits per heavy atom. The predicted octanol–water partition coefficient (Wildman–Crippen LogP) is 0.369. The molecule has 0 aromatic heterocycles. The number of hydrogen-bond donors (Lipinski definition) is 2. The summed E-state index contributed by atoms with van der Waals surface area (Å²) in [5.41, 5.74) is 0. The standard InChI is InChI=1S/C11H20F3N3O2/c1-8(2)4-16-9(18)6-17(3)10(19)5-15-7-11(12,13)14/h8,15H,4-7H2,1-3H3,(H,16,18). The zero-order valence-corrected chi connectivity index (χ0v) is 11.3. The lowest BCUT2D eigenvalue weighted by Gasteiger charge is -2.18. The van der Waals surface area contributed by atoms with Crippen LogP contribution in [-0.2, 0) is 9.59 Å². The van der Waals surface area contributed by atoms with Gasteiger partial charge in [0.15, 0.2) is 0 Å². The van der Waals surface area contributed by atoms with Crippen molar-refractivity contribution in [2.75, 3.05) is 33.2 Å². The molecule has 0 atom stereocenters. The van der Waals surface area contributed by atoms with Gasteiger partial charge in [-0.2, -0.15) is 13.2 Å². The van der Waals surface area contributed by atoms with Gasteiger partial charge >= 0.3 is 6.18 Å². The van der Waals surface area contributed by atoms with Crippen LogP contribution < -0.4 is 10.6 Å². The number of hydrogen-bond acceptors (Lipinski definition) is 3. The minimum absolute atomic E-state index is 0.167. The van der Waals surface area contributed by atoms with Crippen LogP contribution in [0.2, 0.25) is 0 Å². The molecular formula is C11H20F3N3O2. The fourth-order valence-electron chi connectivity index (χ4n) is 1.12. The number of halogens is 3. The summed E-state index contributed by atoms with van der Waals surface area (Å²) >= 11 is 0. The lowest BCUT2D eigenvalue weighted by molar-refractivity contribution is -0.136. The number of nitrogens with zero attached hydrogens (tertiary/aromatic N) is 1. The summed E-state index contributed by atoms with van der Waals surface area (Å²) in [6.07, 6.45) is -4.35. The third kappa shape index (κ3) is 10.3. The van der Waals surface area contributed by atoms with Crippen molar-refractivity contribution in [2.45, 2.75) is 20.0 Å². The molecule has 8 heteroatoms. The fourth-order valence-corrected chi connectivity index (χ4v) is 1.12. The maximum absolute atomic E-state index is 11.8. The van der Waals surface area contributed by atoms with Gasteiger partial charge in [-0.05, 0) is 5.92 Å². The Balaban J connectivity index is 3.90. The molecule has 112 valence electrons. The van der Waals surface area contributed by atoms with Gasteiger partial charge in [0.25, 0.3) is 0 Å². The van der Waals surface area contributed by atoms with Gasteiger partial charge in [-0.1, -0.05) is 13.8 Å². The summed E-state index contributed by atoms with van der Waals surface area (Å²) in [6, 6.07) is 0. The second-order valence-corrected chi connectivity index (χ2v) is 4.67. The summed E-state index contributed by atoms with van der Waals surface area (Å²) < 4.78 is 35.5. The number of nitrogens with one attached hydrogen (secondary N) is 2. The summed E-state index contributed by atoms with van der Waals surface area (Å²) in [7, 11) is 1.37. The van der Waals surface area contributed by atoms with E-state index in [1.165, 1.54) is 7.05 Å². The van der Waals surface area contributed by atoms with Crippen LogP contribution in [0.1, 0.15) is 13.8 Å². The number of alkyl halides is 3. The number of carbonyl (C=O) groups is 2. The maximum Gasteiger partial charge on any atom is 0.401 e. The molecule has 2 N–H and O–H groups in total. The van der Waals surface area contributed by atoms with Gasteiger partial charge in [-0.15, -0.1) is 0 Å². The van der Waals surface area contributed by atoms with Crippen LogP contribution in [0.5, 0.6) is 0 Å². The third-order valence-corrected chi connectivity index (χ3v) is 2.12. The van der Waals surface area contributed by atoms with Crippen molar-refractivity contribution in [3.8, 4) is 0 Å². The predicted molar refractivity (Wildman–Crippen MR) is 64.4 cm³/mol. The molecule has 0 fully saturated rings. The highest BCUT2D eigenvalue weighted by Crippen LogP contribution is 2.11. The van der Waals surface area contributed by atoms with Crippen molar-refractivity contribution in [2.24, 2.45) is 5.92 Å². The number of amides is 2. The SMILES string of the molecule is CC(C)CNC(=O)CN(C)C(=O)CNCC(F)(F)F. The minimum Gasteiger partial charge on any atom is -0.354 e. The molecule has 0 heterocycles. The quantitative estimate of drug-likeness (QED) is 0.709. The van der Waals surface area contributed by atoms with Crippen LogP contribution in [0.3, 0.4) is 0 Å². The highest BCUT2D eigenvalue weighted by atomic mass is 19.4. The second-order valence-electron chi connectivity index (χ2n) is 4.67. The Kier molecular flexibility index (Phi) is 7.43. The number of rotatable bonds is 7. The van der Waals surface area contributed by atoms with E-state index >= 15 is 0 Å². The molecule has 19 heavy (non-hydrogen) atoms. The van der Waals surface area contributed by atoms with Crippen molar-refractivity contribution >= 4 is 11.8 Å². The fraction of sp³-hybridized carbons (Fsp3) is 0.818. The zero-order chi connectivity index (χ0) is 15.1. The largest absolute Gasteiger partial charge is 0.401 e. The first-order valence-electron chi connectivity index (χ1n) is 5.90. The van der Waals surface area contributed by atoms with E-state index in [0.29, 0.717) is 12.5 Å². The van der Waals surface area contributed by atoms with Crippen molar-refractivity contribution < 1.29 is 22.8 Å². The Morgan fingerprint density at radius 2 is 1.84 bits per heavy atom. The van der Waals surface area contributed by atoms with E-state index in [2.05, 4.69) is 5.32 Å². The van der Waals surface area contributed by atoms with E-state index in [1.807, 2.05) is 19.2 Å². The molecular weight excluding hydrogens is 263 g/mol. The van der Waals surface area contributed by atoms with Crippen molar-refractivity contribution in [1.29, 1.82) is 0 Å². The monoisotopic (exact) mass is 283 g/mol. The van der Waals surface area contributed by atoms with E-state index in [9.17, 15) is 22.8 Å². The molecule has 0 saturated heterocycles. The average Bonchev–Trinajstić information content (AvgIpc) is 2.24. The summed E-state index contributed by atoms with van der Waals surface area (Å²) in [5.74, 6) is -0.609. The van der Waals surface area contributed by atoms with Crippen LogP contribution in [0, 0.1) is 5.92 Å². The molecule has 0 radical (unpaired) electrons. The Hall–Kier alpha value is -1.31. The molecule has 0 aromatic carbocycles. The molecule has 0 aliphatic rings. The van der Waals surface area contributed by atoms with Gasteiger partial charge in [0, 0.05) is 13.6 Å². The molecule has 0 aliphatic carbocycles. The Bertz CT molecular complexity index is 306. The second kappa shape index (κ2) is 7.98. The highest BCUT2D eigenvalue weighted by Gasteiger charge is 2.26. The Morgan fingerprint density at radius 1 is 1.26 bits per heavy atom. The first-order chi connectivity index (χ1) is 8.61. The van der Waals surface area contributed by atoms with Crippen molar-refractivity contribution in [3.05, 3.63) is 0 Å². The van der Waals surface area contributed by atoms with E-state index in [4.69, 9.17) is 0 Å². The first kappa shape index (κ1) is 17.7. The summed E-state index contributed by atoms with van der Waals surface area (Å²) in [4.78, 5) is 23.9. The van der Waals surface area contributed by atoms with Crippen molar-refractivity contribution in [3.63, 3.8) is 0 Å². The topological polar surface area (TPSA) is 61.4 Å². The van der Waals surface area contributed by atoms with E-state index in [-0.39, 0.29) is 12.5 Å². The van der Waals surface area contributed by atoms with E-state index in [0.717, 1.165) is 4.90 Å². The average molecular weight is 283 g/mol. The summed E-state index contributed by atoms with van der Waals surface area (Å²) in [5, 5.41) is 4.60. The highest BCUT2D eigenvalue weighted by molar-refractivity contribution is 5.85. The zero-order valence-electron chi connectivity index (χ0n) is 11.3. The smallest absolute Gasteiger partial charge is 0.354 e. The number of carbonyl (C=O) groups excluding carboxylic acids is 2. The molecule has 0 aromatic rings. The molecule has 5 nitrogen and oxygen atoms in total. The van der Waals surface area contributed by atoms with E-state index in [1.54, 1.807) is 0 Å². The van der Waals surface area contributed by atoms with Crippen LogP contribution in [-0.4, -0.2) is 56.1 Å². The van der Waals surface area contributed by atoms with Crippen LogP contribution in [0.25, 0.3) is 0 Å². The molecule has 0 spiro atoms. The Labute approximate surface area is 110 Å². The van der Waals surface area contributed by atoms with Gasteiger partial charge in [-0.25, -0.2) is 0 Å². The van der Waals surface area contributed by atoms with Gasteiger partial charge in [-0.3, -0.25) is 9.59 Å². The third-order valence-electron chi connectivity index (χ3n) is 2.12. The number of likely N-dealkylation sites (N-methyl/N-ethyl adjacent to an activating group) is 1. The summed E-state index contributed by atoms with van der Waals surface area (Å²) in [6.45, 7) is 2.50. The molecule has 0 unspecified atom stereocenters. The van der Waals surface area contributed by atoms with Crippen LogP contribution in [0.15, 0.2) is 0 Å². The molecule has 2 amide bonds. The maximum atomic E-state index is 11.8. The van der Waals surface area contributed by atoms with Gasteiger partial charge in [0.1, 0.15) is 0 Å². The minimum atomic E-state index is -4.35. The molecule has 0 rings (SSSR count). The van der Waals surface area contributed by atoms with Gasteiger partial charge in [0.2, 0.25) is 11.8 Å². The van der Waals surface area contributed by atoms with Gasteiger partial charge < -0.3 is 15.5 Å².